The SMILES string of the molecule is Cc1[c]cc(C)c(C)c1C.[LiH]. The summed E-state index contributed by atoms with van der Waals surface area (Å²) in [5.74, 6) is 0. The van der Waals surface area contributed by atoms with E-state index in [0.29, 0.717) is 0 Å². The van der Waals surface area contributed by atoms with E-state index in [9.17, 15) is 0 Å². The minimum atomic E-state index is 0. The molecule has 0 fully saturated rings. The molecule has 0 aromatic heterocycles. The Morgan fingerprint density at radius 3 is 2.00 bits per heavy atom. The van der Waals surface area contributed by atoms with Gasteiger partial charge in [0.1, 0.15) is 0 Å². The van der Waals surface area contributed by atoms with Gasteiger partial charge in [0.15, 0.2) is 0 Å². The zero-order valence-corrected chi connectivity index (χ0v) is 7.08. The Balaban J connectivity index is 0.000001000. The fourth-order valence-electron chi connectivity index (χ4n) is 1.01. The van der Waals surface area contributed by atoms with Crippen molar-refractivity contribution < 1.29 is 0 Å². The van der Waals surface area contributed by atoms with Crippen LogP contribution in [0.2, 0.25) is 0 Å². The quantitative estimate of drug-likeness (QED) is 0.485. The molecule has 0 spiro atoms. The van der Waals surface area contributed by atoms with Crippen molar-refractivity contribution in [1.29, 1.82) is 0 Å². The second-order valence-electron chi connectivity index (χ2n) is 2.85. The number of aryl methyl sites for hydroxylation is 2. The van der Waals surface area contributed by atoms with Crippen molar-refractivity contribution in [2.75, 3.05) is 0 Å². The van der Waals surface area contributed by atoms with Crippen molar-refractivity contribution >= 4 is 18.9 Å². The Hall–Kier alpha value is -0.183. The van der Waals surface area contributed by atoms with Crippen molar-refractivity contribution in [2.45, 2.75) is 27.7 Å². The Morgan fingerprint density at radius 2 is 1.55 bits per heavy atom. The van der Waals surface area contributed by atoms with Crippen molar-refractivity contribution in [3.8, 4) is 0 Å². The Kier molecular flexibility index (Phi) is 3.93. The van der Waals surface area contributed by atoms with E-state index in [4.69, 9.17) is 0 Å². The van der Waals surface area contributed by atoms with Gasteiger partial charge in [0, 0.05) is 0 Å². The van der Waals surface area contributed by atoms with Crippen LogP contribution in [0.5, 0.6) is 0 Å². The van der Waals surface area contributed by atoms with E-state index in [1.165, 1.54) is 22.3 Å². The fourth-order valence-corrected chi connectivity index (χ4v) is 1.01. The second kappa shape index (κ2) is 4.00. The molecule has 0 aliphatic rings. The van der Waals surface area contributed by atoms with Gasteiger partial charge in [0.05, 0.1) is 0 Å². The zero-order valence-electron chi connectivity index (χ0n) is 7.08. The number of rotatable bonds is 0. The van der Waals surface area contributed by atoms with E-state index in [2.05, 4.69) is 39.8 Å². The van der Waals surface area contributed by atoms with Crippen LogP contribution >= 0.6 is 0 Å². The van der Waals surface area contributed by atoms with Gasteiger partial charge in [-0.25, -0.2) is 0 Å². The molecular weight excluding hydrogens is 127 g/mol. The minimum absolute atomic E-state index is 0. The molecule has 1 heteroatoms. The summed E-state index contributed by atoms with van der Waals surface area (Å²) in [5.41, 5.74) is 5.38. The average molecular weight is 141 g/mol. The first-order chi connectivity index (χ1) is 4.63. The summed E-state index contributed by atoms with van der Waals surface area (Å²) >= 11 is 0. The summed E-state index contributed by atoms with van der Waals surface area (Å²) in [6.45, 7) is 8.53. The number of benzene rings is 1. The molecule has 1 rings (SSSR count). The third-order valence-corrected chi connectivity index (χ3v) is 2.22. The van der Waals surface area contributed by atoms with Gasteiger partial charge in [-0.05, 0) is 56.0 Å². The summed E-state index contributed by atoms with van der Waals surface area (Å²) in [6.07, 6.45) is 0. The van der Waals surface area contributed by atoms with Gasteiger partial charge in [-0.2, -0.15) is 0 Å². The Bertz CT molecular complexity index is 224. The molecule has 55 valence electrons. The molecule has 1 aromatic rings. The number of hydrogen-bond donors (Lipinski definition) is 0. The Morgan fingerprint density at radius 1 is 1.00 bits per heavy atom. The summed E-state index contributed by atoms with van der Waals surface area (Å²) in [6, 6.07) is 5.26. The third-order valence-electron chi connectivity index (χ3n) is 2.22. The standard InChI is InChI=1S/C10H13.Li.H/c1-7-5-6-8(2)10(4)9(7)3;;/h5H,1-4H3;;. The van der Waals surface area contributed by atoms with E-state index >= 15 is 0 Å². The van der Waals surface area contributed by atoms with Gasteiger partial charge in [0.2, 0.25) is 0 Å². The molecule has 0 aliphatic heterocycles. The van der Waals surface area contributed by atoms with Crippen LogP contribution in [0.4, 0.5) is 0 Å². The molecule has 0 saturated heterocycles. The predicted octanol–water partition coefficient (Wildman–Crippen LogP) is 2.07. The van der Waals surface area contributed by atoms with Crippen LogP contribution in [0.1, 0.15) is 22.3 Å². The van der Waals surface area contributed by atoms with Crippen LogP contribution in [-0.2, 0) is 0 Å². The molecule has 0 atom stereocenters. The van der Waals surface area contributed by atoms with Crippen LogP contribution in [0.3, 0.4) is 0 Å². The average Bonchev–Trinajstić information content (AvgIpc) is 1.93. The summed E-state index contributed by atoms with van der Waals surface area (Å²) < 4.78 is 0. The molecule has 0 heterocycles. The summed E-state index contributed by atoms with van der Waals surface area (Å²) in [5, 5.41) is 0. The van der Waals surface area contributed by atoms with Gasteiger partial charge in [-0.3, -0.25) is 0 Å². The van der Waals surface area contributed by atoms with E-state index in [0.717, 1.165) is 0 Å². The van der Waals surface area contributed by atoms with Gasteiger partial charge < -0.3 is 0 Å². The first-order valence-corrected chi connectivity index (χ1v) is 3.58. The van der Waals surface area contributed by atoms with Gasteiger partial charge in [-0.15, -0.1) is 0 Å². The van der Waals surface area contributed by atoms with E-state index in [1.54, 1.807) is 0 Å². The van der Waals surface area contributed by atoms with Gasteiger partial charge in [0.25, 0.3) is 0 Å². The predicted molar refractivity (Wildman–Crippen MR) is 51.4 cm³/mol. The van der Waals surface area contributed by atoms with Crippen LogP contribution in [-0.4, -0.2) is 18.9 Å². The summed E-state index contributed by atoms with van der Waals surface area (Å²) in [7, 11) is 0. The number of hydrogen-bond acceptors (Lipinski definition) is 0. The molecule has 1 radical (unpaired) electrons. The van der Waals surface area contributed by atoms with Crippen LogP contribution in [0.25, 0.3) is 0 Å². The van der Waals surface area contributed by atoms with E-state index in [-0.39, 0.29) is 18.9 Å². The topological polar surface area (TPSA) is 0 Å². The van der Waals surface area contributed by atoms with Crippen molar-refractivity contribution in [3.05, 3.63) is 34.4 Å². The van der Waals surface area contributed by atoms with Crippen LogP contribution in [0.15, 0.2) is 6.07 Å². The molecule has 0 saturated carbocycles. The van der Waals surface area contributed by atoms with Crippen LogP contribution < -0.4 is 0 Å². The fraction of sp³-hybridized carbons (Fsp3) is 0.400. The third kappa shape index (κ3) is 2.12. The van der Waals surface area contributed by atoms with Crippen molar-refractivity contribution in [3.63, 3.8) is 0 Å². The molecule has 0 amide bonds. The maximum absolute atomic E-state index is 3.21. The molecule has 11 heavy (non-hydrogen) atoms. The summed E-state index contributed by atoms with van der Waals surface area (Å²) in [4.78, 5) is 0. The molecular formula is C10H14Li. The molecule has 1 aromatic carbocycles. The Labute approximate surface area is 81.2 Å². The second-order valence-corrected chi connectivity index (χ2v) is 2.85. The van der Waals surface area contributed by atoms with E-state index < -0.39 is 0 Å². The van der Waals surface area contributed by atoms with Crippen molar-refractivity contribution in [1.82, 2.24) is 0 Å². The first kappa shape index (κ1) is 10.8. The van der Waals surface area contributed by atoms with Gasteiger partial charge >= 0.3 is 18.9 Å². The van der Waals surface area contributed by atoms with E-state index in [1.807, 2.05) is 0 Å². The normalized spacial score (nSPS) is 9.09. The molecule has 0 bridgehead atoms. The maximum atomic E-state index is 3.21. The molecule has 0 unspecified atom stereocenters. The molecule has 0 aliphatic carbocycles. The molecule has 0 N–H and O–H groups in total. The van der Waals surface area contributed by atoms with Gasteiger partial charge in [-0.1, -0.05) is 6.07 Å². The zero-order chi connectivity index (χ0) is 7.72. The van der Waals surface area contributed by atoms with Crippen LogP contribution in [0, 0.1) is 33.8 Å². The first-order valence-electron chi connectivity index (χ1n) is 3.58. The van der Waals surface area contributed by atoms with Crippen molar-refractivity contribution in [2.24, 2.45) is 0 Å². The molecule has 0 nitrogen and oxygen atoms in total. The monoisotopic (exact) mass is 141 g/mol.